The molecule has 0 spiro atoms. The van der Waals surface area contributed by atoms with Crippen molar-refractivity contribution in [2.45, 2.75) is 51.6 Å². The molecule has 0 radical (unpaired) electrons. The van der Waals surface area contributed by atoms with Crippen molar-refractivity contribution in [3.63, 3.8) is 0 Å². The van der Waals surface area contributed by atoms with Crippen molar-refractivity contribution in [1.29, 1.82) is 0 Å². The lowest BCUT2D eigenvalue weighted by molar-refractivity contribution is 0.201. The van der Waals surface area contributed by atoms with Crippen LogP contribution in [0.15, 0.2) is 24.3 Å². The topological polar surface area (TPSA) is 29.3 Å². The van der Waals surface area contributed by atoms with Crippen LogP contribution in [0.2, 0.25) is 0 Å². The third-order valence-electron chi connectivity index (χ3n) is 3.77. The van der Waals surface area contributed by atoms with Crippen LogP contribution in [0.1, 0.15) is 44.7 Å². The van der Waals surface area contributed by atoms with E-state index in [1.807, 2.05) is 0 Å². The van der Waals surface area contributed by atoms with Gasteiger partial charge in [0.05, 0.1) is 0 Å². The summed E-state index contributed by atoms with van der Waals surface area (Å²) in [5.41, 5.74) is 9.06. The van der Waals surface area contributed by atoms with Crippen LogP contribution in [0.3, 0.4) is 0 Å². The summed E-state index contributed by atoms with van der Waals surface area (Å²) in [5.74, 6) is 0. The van der Waals surface area contributed by atoms with Crippen molar-refractivity contribution < 1.29 is 0 Å². The Morgan fingerprint density at radius 3 is 2.44 bits per heavy atom. The van der Waals surface area contributed by atoms with Gasteiger partial charge in [-0.1, -0.05) is 45.0 Å². The zero-order valence-corrected chi connectivity index (χ0v) is 11.9. The fraction of sp³-hybridized carbons (Fsp3) is 0.625. The van der Waals surface area contributed by atoms with E-state index in [2.05, 4.69) is 49.9 Å². The molecule has 0 aromatic heterocycles. The normalized spacial score (nSPS) is 22.1. The van der Waals surface area contributed by atoms with E-state index in [1.54, 1.807) is 0 Å². The lowest BCUT2D eigenvalue weighted by atomic mass is 9.86. The highest BCUT2D eigenvalue weighted by atomic mass is 15.1. The van der Waals surface area contributed by atoms with Gasteiger partial charge in [0, 0.05) is 19.1 Å². The number of piperidine rings is 1. The van der Waals surface area contributed by atoms with E-state index in [4.69, 9.17) is 5.73 Å². The Labute approximate surface area is 111 Å². The molecule has 1 atom stereocenters. The standard InChI is InChI=1S/C16H26N2/c1-16(2,3)14-8-6-13(7-9-14)11-18-10-4-5-15(17)12-18/h6-9,15H,4-5,10-12,17H2,1-3H3. The molecule has 1 heterocycles. The fourth-order valence-electron chi connectivity index (χ4n) is 2.60. The monoisotopic (exact) mass is 246 g/mol. The Bertz CT molecular complexity index is 375. The van der Waals surface area contributed by atoms with Crippen LogP contribution in [-0.2, 0) is 12.0 Å². The van der Waals surface area contributed by atoms with Gasteiger partial charge in [0.15, 0.2) is 0 Å². The van der Waals surface area contributed by atoms with Crippen molar-refractivity contribution in [2.24, 2.45) is 5.73 Å². The molecular weight excluding hydrogens is 220 g/mol. The van der Waals surface area contributed by atoms with Crippen molar-refractivity contribution in [3.05, 3.63) is 35.4 Å². The summed E-state index contributed by atoms with van der Waals surface area (Å²) >= 11 is 0. The highest BCUT2D eigenvalue weighted by Gasteiger charge is 2.17. The third kappa shape index (κ3) is 3.56. The minimum atomic E-state index is 0.242. The molecule has 0 saturated carbocycles. The first-order chi connectivity index (χ1) is 8.45. The average Bonchev–Trinajstić information content (AvgIpc) is 2.28. The number of nitrogens with zero attached hydrogens (tertiary/aromatic N) is 1. The highest BCUT2D eigenvalue weighted by Crippen LogP contribution is 2.22. The SMILES string of the molecule is CC(C)(C)c1ccc(CN2CCCC(N)C2)cc1. The molecule has 2 rings (SSSR count). The summed E-state index contributed by atoms with van der Waals surface area (Å²) in [6.45, 7) is 10.0. The minimum Gasteiger partial charge on any atom is -0.327 e. The van der Waals surface area contributed by atoms with Crippen molar-refractivity contribution in [1.82, 2.24) is 4.90 Å². The van der Waals surface area contributed by atoms with Crippen LogP contribution < -0.4 is 5.73 Å². The van der Waals surface area contributed by atoms with E-state index in [0.29, 0.717) is 6.04 Å². The van der Waals surface area contributed by atoms with E-state index < -0.39 is 0 Å². The summed E-state index contributed by atoms with van der Waals surface area (Å²) in [7, 11) is 0. The number of hydrogen-bond acceptors (Lipinski definition) is 2. The zero-order chi connectivity index (χ0) is 13.2. The molecule has 0 aliphatic carbocycles. The molecule has 2 N–H and O–H groups in total. The van der Waals surface area contributed by atoms with Gasteiger partial charge in [0.1, 0.15) is 0 Å². The first-order valence-electron chi connectivity index (χ1n) is 7.02. The molecule has 1 aliphatic rings. The highest BCUT2D eigenvalue weighted by molar-refractivity contribution is 5.27. The van der Waals surface area contributed by atoms with Gasteiger partial charge in [-0.3, -0.25) is 4.90 Å². The Morgan fingerprint density at radius 1 is 1.22 bits per heavy atom. The van der Waals surface area contributed by atoms with Crippen LogP contribution in [-0.4, -0.2) is 24.0 Å². The van der Waals surface area contributed by atoms with Gasteiger partial charge in [-0.25, -0.2) is 0 Å². The molecule has 1 saturated heterocycles. The summed E-state index contributed by atoms with van der Waals surface area (Å²) in [6.07, 6.45) is 2.42. The molecule has 1 unspecified atom stereocenters. The zero-order valence-electron chi connectivity index (χ0n) is 11.9. The van der Waals surface area contributed by atoms with E-state index in [1.165, 1.54) is 30.5 Å². The Balaban J connectivity index is 1.98. The number of hydrogen-bond donors (Lipinski definition) is 1. The number of rotatable bonds is 2. The molecule has 1 aromatic rings. The molecule has 0 bridgehead atoms. The van der Waals surface area contributed by atoms with Crippen LogP contribution in [0.5, 0.6) is 0 Å². The van der Waals surface area contributed by atoms with E-state index in [9.17, 15) is 0 Å². The van der Waals surface area contributed by atoms with Gasteiger partial charge in [-0.05, 0) is 35.9 Å². The smallest absolute Gasteiger partial charge is 0.0234 e. The summed E-state index contributed by atoms with van der Waals surface area (Å²) < 4.78 is 0. The molecule has 2 nitrogen and oxygen atoms in total. The van der Waals surface area contributed by atoms with Gasteiger partial charge in [-0.2, -0.15) is 0 Å². The summed E-state index contributed by atoms with van der Waals surface area (Å²) in [4.78, 5) is 2.47. The summed E-state index contributed by atoms with van der Waals surface area (Å²) in [6, 6.07) is 9.42. The molecule has 100 valence electrons. The quantitative estimate of drug-likeness (QED) is 0.869. The maximum Gasteiger partial charge on any atom is 0.0234 e. The molecule has 1 aliphatic heterocycles. The first kappa shape index (κ1) is 13.6. The molecule has 1 aromatic carbocycles. The molecule has 18 heavy (non-hydrogen) atoms. The maximum absolute atomic E-state index is 6.02. The first-order valence-corrected chi connectivity index (χ1v) is 7.02. The van der Waals surface area contributed by atoms with Crippen LogP contribution in [0, 0.1) is 0 Å². The van der Waals surface area contributed by atoms with Crippen LogP contribution >= 0.6 is 0 Å². The predicted molar refractivity (Wildman–Crippen MR) is 77.6 cm³/mol. The molecule has 0 amide bonds. The summed E-state index contributed by atoms with van der Waals surface area (Å²) in [5, 5.41) is 0. The second kappa shape index (κ2) is 5.41. The van der Waals surface area contributed by atoms with Crippen molar-refractivity contribution >= 4 is 0 Å². The average molecular weight is 246 g/mol. The second-order valence-electron chi connectivity index (χ2n) is 6.58. The Kier molecular flexibility index (Phi) is 4.08. The van der Waals surface area contributed by atoms with E-state index in [-0.39, 0.29) is 5.41 Å². The van der Waals surface area contributed by atoms with E-state index in [0.717, 1.165) is 13.1 Å². The predicted octanol–water partition coefficient (Wildman–Crippen LogP) is 2.91. The minimum absolute atomic E-state index is 0.242. The van der Waals surface area contributed by atoms with Gasteiger partial charge in [0.2, 0.25) is 0 Å². The van der Waals surface area contributed by atoms with Gasteiger partial charge in [-0.15, -0.1) is 0 Å². The molecular formula is C16H26N2. The second-order valence-corrected chi connectivity index (χ2v) is 6.58. The van der Waals surface area contributed by atoms with Crippen LogP contribution in [0.25, 0.3) is 0 Å². The Hall–Kier alpha value is -0.860. The number of likely N-dealkylation sites (tertiary alicyclic amines) is 1. The van der Waals surface area contributed by atoms with Gasteiger partial charge in [0.25, 0.3) is 0 Å². The fourth-order valence-corrected chi connectivity index (χ4v) is 2.60. The van der Waals surface area contributed by atoms with Gasteiger partial charge < -0.3 is 5.73 Å². The van der Waals surface area contributed by atoms with Gasteiger partial charge >= 0.3 is 0 Å². The lowest BCUT2D eigenvalue weighted by Crippen LogP contribution is -2.42. The van der Waals surface area contributed by atoms with Crippen LogP contribution in [0.4, 0.5) is 0 Å². The van der Waals surface area contributed by atoms with E-state index >= 15 is 0 Å². The largest absolute Gasteiger partial charge is 0.327 e. The van der Waals surface area contributed by atoms with Crippen molar-refractivity contribution in [3.8, 4) is 0 Å². The third-order valence-corrected chi connectivity index (χ3v) is 3.77. The molecule has 1 fully saturated rings. The number of nitrogens with two attached hydrogens (primary N) is 1. The maximum atomic E-state index is 6.02. The number of benzene rings is 1. The lowest BCUT2D eigenvalue weighted by Gasteiger charge is -2.30. The Morgan fingerprint density at radius 2 is 1.89 bits per heavy atom. The van der Waals surface area contributed by atoms with Crippen molar-refractivity contribution in [2.75, 3.05) is 13.1 Å². The molecule has 2 heteroatoms.